The molecule has 0 aliphatic carbocycles. The van der Waals surface area contributed by atoms with Crippen molar-refractivity contribution in [1.29, 1.82) is 0 Å². The van der Waals surface area contributed by atoms with Gasteiger partial charge in [-0.05, 0) is 38.4 Å². The summed E-state index contributed by atoms with van der Waals surface area (Å²) >= 11 is 0. The minimum absolute atomic E-state index is 0.395. The van der Waals surface area contributed by atoms with Gasteiger partial charge in [0.25, 0.3) is 0 Å². The Morgan fingerprint density at radius 1 is 1.19 bits per heavy atom. The molecular weight excluding hydrogens is 194 g/mol. The van der Waals surface area contributed by atoms with Crippen LogP contribution in [-0.2, 0) is 5.41 Å². The summed E-state index contributed by atoms with van der Waals surface area (Å²) in [6, 6.07) is 11.1. The third-order valence-corrected chi connectivity index (χ3v) is 4.08. The van der Waals surface area contributed by atoms with Gasteiger partial charge in [0, 0.05) is 12.0 Å². The Balaban J connectivity index is 2.30. The summed E-state index contributed by atoms with van der Waals surface area (Å²) in [6.45, 7) is 4.81. The van der Waals surface area contributed by atoms with Crippen LogP contribution in [0.3, 0.4) is 0 Å². The summed E-state index contributed by atoms with van der Waals surface area (Å²) in [4.78, 5) is 2.50. The number of likely N-dealkylation sites (N-methyl/N-ethyl adjacent to an activating group) is 1. The van der Waals surface area contributed by atoms with Crippen LogP contribution in [0.2, 0.25) is 0 Å². The lowest BCUT2D eigenvalue weighted by atomic mass is 9.74. The molecule has 1 fully saturated rings. The van der Waals surface area contributed by atoms with Gasteiger partial charge in [0.2, 0.25) is 0 Å². The van der Waals surface area contributed by atoms with Crippen molar-refractivity contribution in [2.45, 2.75) is 38.0 Å². The Morgan fingerprint density at radius 2 is 1.94 bits per heavy atom. The van der Waals surface area contributed by atoms with Gasteiger partial charge in [-0.3, -0.25) is 0 Å². The van der Waals surface area contributed by atoms with Gasteiger partial charge in [-0.1, -0.05) is 43.7 Å². The van der Waals surface area contributed by atoms with Gasteiger partial charge < -0.3 is 4.90 Å². The molecule has 2 rings (SSSR count). The van der Waals surface area contributed by atoms with E-state index in [2.05, 4.69) is 49.2 Å². The summed E-state index contributed by atoms with van der Waals surface area (Å²) < 4.78 is 0. The van der Waals surface area contributed by atoms with E-state index in [9.17, 15) is 0 Å². The summed E-state index contributed by atoms with van der Waals surface area (Å²) in [7, 11) is 2.26. The predicted octanol–water partition coefficient (Wildman–Crippen LogP) is 3.45. The van der Waals surface area contributed by atoms with E-state index < -0.39 is 0 Å². The van der Waals surface area contributed by atoms with Crippen molar-refractivity contribution in [3.8, 4) is 0 Å². The minimum Gasteiger partial charge on any atom is -0.305 e. The van der Waals surface area contributed by atoms with Crippen molar-refractivity contribution in [3.05, 3.63) is 35.9 Å². The van der Waals surface area contributed by atoms with Crippen LogP contribution in [0.25, 0.3) is 0 Å². The van der Waals surface area contributed by atoms with Gasteiger partial charge >= 0.3 is 0 Å². The third kappa shape index (κ3) is 2.30. The quantitative estimate of drug-likeness (QED) is 0.733. The number of hydrogen-bond acceptors (Lipinski definition) is 1. The van der Waals surface area contributed by atoms with E-state index >= 15 is 0 Å². The van der Waals surface area contributed by atoms with Crippen molar-refractivity contribution < 1.29 is 0 Å². The molecule has 1 atom stereocenters. The van der Waals surface area contributed by atoms with Crippen LogP contribution in [0.15, 0.2) is 30.3 Å². The highest BCUT2D eigenvalue weighted by Crippen LogP contribution is 2.35. The number of benzene rings is 1. The van der Waals surface area contributed by atoms with Crippen molar-refractivity contribution in [2.24, 2.45) is 0 Å². The molecule has 1 aromatic carbocycles. The maximum absolute atomic E-state index is 2.50. The third-order valence-electron chi connectivity index (χ3n) is 4.08. The Morgan fingerprint density at radius 3 is 2.62 bits per heavy atom. The molecule has 0 bridgehead atoms. The van der Waals surface area contributed by atoms with Crippen molar-refractivity contribution >= 4 is 0 Å². The topological polar surface area (TPSA) is 3.24 Å². The Labute approximate surface area is 99.5 Å². The van der Waals surface area contributed by atoms with E-state index in [0.717, 1.165) is 0 Å². The van der Waals surface area contributed by atoms with E-state index in [1.54, 1.807) is 0 Å². The summed E-state index contributed by atoms with van der Waals surface area (Å²) in [5.74, 6) is 0. The molecule has 16 heavy (non-hydrogen) atoms. The fourth-order valence-corrected chi connectivity index (χ4v) is 3.04. The van der Waals surface area contributed by atoms with E-state index in [-0.39, 0.29) is 0 Å². The van der Waals surface area contributed by atoms with Crippen LogP contribution in [-0.4, -0.2) is 25.0 Å². The highest BCUT2D eigenvalue weighted by atomic mass is 15.1. The van der Waals surface area contributed by atoms with Gasteiger partial charge in [0.1, 0.15) is 0 Å². The van der Waals surface area contributed by atoms with Crippen LogP contribution < -0.4 is 0 Å². The fraction of sp³-hybridized carbons (Fsp3) is 0.600. The van der Waals surface area contributed by atoms with Crippen LogP contribution >= 0.6 is 0 Å². The fourth-order valence-electron chi connectivity index (χ4n) is 3.04. The van der Waals surface area contributed by atoms with E-state index in [0.29, 0.717) is 5.41 Å². The van der Waals surface area contributed by atoms with Crippen molar-refractivity contribution in [2.75, 3.05) is 20.1 Å². The number of nitrogens with zero attached hydrogens (tertiary/aromatic N) is 1. The molecule has 1 aliphatic rings. The zero-order chi connectivity index (χ0) is 11.4. The number of hydrogen-bond donors (Lipinski definition) is 0. The van der Waals surface area contributed by atoms with Crippen molar-refractivity contribution in [3.63, 3.8) is 0 Å². The Hall–Kier alpha value is -0.820. The number of likely N-dealkylation sites (tertiary alicyclic amines) is 1. The predicted molar refractivity (Wildman–Crippen MR) is 69.8 cm³/mol. The van der Waals surface area contributed by atoms with Gasteiger partial charge in [-0.25, -0.2) is 0 Å². The van der Waals surface area contributed by atoms with E-state index in [1.165, 1.54) is 44.3 Å². The van der Waals surface area contributed by atoms with Gasteiger partial charge in [-0.2, -0.15) is 0 Å². The van der Waals surface area contributed by atoms with E-state index in [4.69, 9.17) is 0 Å². The zero-order valence-electron chi connectivity index (χ0n) is 10.6. The second-order valence-electron chi connectivity index (χ2n) is 5.19. The smallest absolute Gasteiger partial charge is 0.00775 e. The maximum atomic E-state index is 2.50. The molecule has 0 spiro atoms. The van der Waals surface area contributed by atoms with Gasteiger partial charge in [-0.15, -0.1) is 0 Å². The SMILES string of the molecule is CC[C@@]1(c2ccccc2)CCCCN(C)C1. The largest absolute Gasteiger partial charge is 0.305 e. The molecule has 0 radical (unpaired) electrons. The molecular formula is C15H23N. The minimum atomic E-state index is 0.395. The average molecular weight is 217 g/mol. The molecule has 1 heteroatoms. The maximum Gasteiger partial charge on any atom is 0.00775 e. The van der Waals surface area contributed by atoms with Crippen LogP contribution in [0.5, 0.6) is 0 Å². The first-order valence-corrected chi connectivity index (χ1v) is 6.51. The van der Waals surface area contributed by atoms with Crippen molar-refractivity contribution in [1.82, 2.24) is 4.90 Å². The Kier molecular flexibility index (Phi) is 3.65. The normalized spacial score (nSPS) is 27.6. The second kappa shape index (κ2) is 5.01. The monoisotopic (exact) mass is 217 g/mol. The first-order valence-electron chi connectivity index (χ1n) is 6.51. The highest BCUT2D eigenvalue weighted by molar-refractivity contribution is 5.26. The molecule has 1 aliphatic heterocycles. The number of rotatable bonds is 2. The summed E-state index contributed by atoms with van der Waals surface area (Å²) in [5, 5.41) is 0. The highest BCUT2D eigenvalue weighted by Gasteiger charge is 2.32. The lowest BCUT2D eigenvalue weighted by Gasteiger charge is -2.35. The summed E-state index contributed by atoms with van der Waals surface area (Å²) in [6.07, 6.45) is 5.32. The molecule has 0 saturated carbocycles. The van der Waals surface area contributed by atoms with E-state index in [1.807, 2.05) is 0 Å². The molecule has 1 aromatic rings. The molecule has 0 N–H and O–H groups in total. The standard InChI is InChI=1S/C15H23N/c1-3-15(14-9-5-4-6-10-14)11-7-8-12-16(2)13-15/h4-6,9-10H,3,7-8,11-13H2,1-2H3/t15-/m1/s1. The lowest BCUT2D eigenvalue weighted by Crippen LogP contribution is -2.37. The molecule has 1 nitrogen and oxygen atoms in total. The zero-order valence-corrected chi connectivity index (χ0v) is 10.6. The van der Waals surface area contributed by atoms with Gasteiger partial charge in [0.05, 0.1) is 0 Å². The Bertz CT molecular complexity index is 319. The first-order chi connectivity index (χ1) is 7.77. The van der Waals surface area contributed by atoms with Crippen LogP contribution in [0.1, 0.15) is 38.2 Å². The molecule has 1 heterocycles. The van der Waals surface area contributed by atoms with Crippen LogP contribution in [0, 0.1) is 0 Å². The van der Waals surface area contributed by atoms with Gasteiger partial charge in [0.15, 0.2) is 0 Å². The molecule has 1 saturated heterocycles. The first kappa shape index (κ1) is 11.7. The molecule has 0 unspecified atom stereocenters. The average Bonchev–Trinajstić information content (AvgIpc) is 2.53. The van der Waals surface area contributed by atoms with Crippen LogP contribution in [0.4, 0.5) is 0 Å². The molecule has 88 valence electrons. The molecule has 0 amide bonds. The lowest BCUT2D eigenvalue weighted by molar-refractivity contribution is 0.256. The summed E-state index contributed by atoms with van der Waals surface area (Å²) in [5.41, 5.74) is 1.93. The second-order valence-corrected chi connectivity index (χ2v) is 5.19. The molecule has 0 aromatic heterocycles.